The summed E-state index contributed by atoms with van der Waals surface area (Å²) in [7, 11) is 0. The van der Waals surface area contributed by atoms with Crippen LogP contribution in [0.2, 0.25) is 0 Å². The molecule has 2 aliphatic rings. The molecule has 6 nitrogen and oxygen atoms in total. The monoisotopic (exact) mass is 540 g/mol. The molecule has 0 radical (unpaired) electrons. The number of carboxylic acid groups (broad SMARTS) is 1. The van der Waals surface area contributed by atoms with E-state index in [1.807, 2.05) is 12.1 Å². The van der Waals surface area contributed by atoms with Crippen LogP contribution < -0.4 is 10.2 Å². The minimum Gasteiger partial charge on any atom is -0.481 e. The third-order valence-corrected chi connectivity index (χ3v) is 7.74. The van der Waals surface area contributed by atoms with Crippen LogP contribution in [0.1, 0.15) is 75.1 Å². The van der Waals surface area contributed by atoms with E-state index in [0.717, 1.165) is 11.3 Å². The molecule has 0 spiro atoms. The van der Waals surface area contributed by atoms with Gasteiger partial charge in [0.25, 0.3) is 0 Å². The van der Waals surface area contributed by atoms with Crippen LogP contribution >= 0.6 is 0 Å². The van der Waals surface area contributed by atoms with E-state index in [1.54, 1.807) is 24.3 Å². The Hall–Kier alpha value is -4.26. The third kappa shape index (κ3) is 5.41. The first-order valence-corrected chi connectivity index (χ1v) is 13.5. The molecular formula is C33H33FN2O4. The quantitative estimate of drug-likeness (QED) is 0.368. The Morgan fingerprint density at radius 1 is 0.925 bits per heavy atom. The molecule has 2 N–H and O–H groups in total. The average Bonchev–Trinajstić information content (AvgIpc) is 3.06. The Balaban J connectivity index is 1.63. The molecule has 1 aliphatic carbocycles. The van der Waals surface area contributed by atoms with E-state index in [1.165, 1.54) is 22.6 Å². The average molecular weight is 541 g/mol. The van der Waals surface area contributed by atoms with Gasteiger partial charge in [-0.05, 0) is 58.7 Å². The number of carbonyl (C=O) groups excluding carboxylic acids is 2. The summed E-state index contributed by atoms with van der Waals surface area (Å²) >= 11 is 0. The van der Waals surface area contributed by atoms with Gasteiger partial charge < -0.3 is 10.4 Å². The van der Waals surface area contributed by atoms with Crippen LogP contribution in [0.3, 0.4) is 0 Å². The van der Waals surface area contributed by atoms with Gasteiger partial charge in [0, 0.05) is 24.1 Å². The summed E-state index contributed by atoms with van der Waals surface area (Å²) in [5.74, 6) is -2.09. The highest BCUT2D eigenvalue weighted by Gasteiger charge is 2.41. The lowest BCUT2D eigenvalue weighted by molar-refractivity contribution is -0.138. The van der Waals surface area contributed by atoms with Crippen molar-refractivity contribution < 1.29 is 23.9 Å². The first-order valence-electron chi connectivity index (χ1n) is 13.5. The SMILES string of the molecule is CC(C)(C)c1ccc([C@H]2CC(=O)C3=C(C2)Nc2ccccc2N(C(=O)CCC(=O)O)[C@@H]3c2ccc(F)cc2)cc1. The van der Waals surface area contributed by atoms with Crippen LogP contribution in [0, 0.1) is 5.82 Å². The summed E-state index contributed by atoms with van der Waals surface area (Å²) in [5.41, 5.74) is 5.25. The predicted molar refractivity (Wildman–Crippen MR) is 153 cm³/mol. The highest BCUT2D eigenvalue weighted by Crippen LogP contribution is 2.47. The van der Waals surface area contributed by atoms with Crippen molar-refractivity contribution in [2.45, 2.75) is 63.8 Å². The topological polar surface area (TPSA) is 86.7 Å². The fourth-order valence-electron chi connectivity index (χ4n) is 5.65. The molecule has 2 atom stereocenters. The Labute approximate surface area is 233 Å². The van der Waals surface area contributed by atoms with E-state index in [9.17, 15) is 23.9 Å². The van der Waals surface area contributed by atoms with Crippen LogP contribution in [-0.4, -0.2) is 22.8 Å². The maximum atomic E-state index is 14.0. The van der Waals surface area contributed by atoms with E-state index < -0.39 is 23.7 Å². The number of nitrogens with one attached hydrogen (secondary N) is 1. The number of anilines is 2. The van der Waals surface area contributed by atoms with E-state index in [0.29, 0.717) is 28.9 Å². The maximum Gasteiger partial charge on any atom is 0.303 e. The van der Waals surface area contributed by atoms with Gasteiger partial charge in [0.15, 0.2) is 5.78 Å². The van der Waals surface area contributed by atoms with Crippen molar-refractivity contribution in [2.75, 3.05) is 10.2 Å². The Morgan fingerprint density at radius 2 is 1.57 bits per heavy atom. The predicted octanol–water partition coefficient (Wildman–Crippen LogP) is 6.89. The van der Waals surface area contributed by atoms with Crippen molar-refractivity contribution >= 4 is 29.0 Å². The molecule has 5 rings (SSSR count). The maximum absolute atomic E-state index is 14.0. The number of carboxylic acids is 1. The minimum absolute atomic E-state index is 0.0161. The molecule has 1 heterocycles. The Morgan fingerprint density at radius 3 is 2.23 bits per heavy atom. The molecule has 40 heavy (non-hydrogen) atoms. The fourth-order valence-corrected chi connectivity index (χ4v) is 5.65. The Bertz CT molecular complexity index is 1490. The third-order valence-electron chi connectivity index (χ3n) is 7.74. The number of rotatable bonds is 5. The van der Waals surface area contributed by atoms with E-state index in [4.69, 9.17) is 0 Å². The zero-order chi connectivity index (χ0) is 28.6. The summed E-state index contributed by atoms with van der Waals surface area (Å²) in [6.07, 6.45) is 0.244. The molecule has 0 saturated heterocycles. The number of allylic oxidation sites excluding steroid dienone is 1. The molecule has 3 aromatic carbocycles. The smallest absolute Gasteiger partial charge is 0.303 e. The van der Waals surface area contributed by atoms with Gasteiger partial charge in [-0.15, -0.1) is 0 Å². The van der Waals surface area contributed by atoms with E-state index in [2.05, 4.69) is 50.4 Å². The fraction of sp³-hybridized carbons (Fsp3) is 0.303. The number of hydrogen-bond acceptors (Lipinski definition) is 4. The standard InChI is InChI=1S/C33H33FN2O4/c1-33(2,3)23-12-8-20(9-13-23)22-18-26-31(28(37)19-22)32(21-10-14-24(34)15-11-21)36(29(38)16-17-30(39)40)27-7-5-4-6-25(27)35-26/h4-15,22,32,35H,16-19H2,1-3H3,(H,39,40)/t22-,32-/m1/s1. The van der Waals surface area contributed by atoms with Crippen molar-refractivity contribution in [3.8, 4) is 0 Å². The summed E-state index contributed by atoms with van der Waals surface area (Å²) in [6, 6.07) is 20.6. The number of fused-ring (bicyclic) bond motifs is 1. The second kappa shape index (κ2) is 10.7. The Kier molecular flexibility index (Phi) is 7.32. The van der Waals surface area contributed by atoms with Gasteiger partial charge in [0.1, 0.15) is 5.82 Å². The lowest BCUT2D eigenvalue weighted by Crippen LogP contribution is -2.38. The van der Waals surface area contributed by atoms with Crippen LogP contribution in [0.25, 0.3) is 0 Å². The van der Waals surface area contributed by atoms with Gasteiger partial charge in [0.05, 0.1) is 23.8 Å². The molecular weight excluding hydrogens is 507 g/mol. The first-order chi connectivity index (χ1) is 19.0. The number of aliphatic carboxylic acids is 1. The van der Waals surface area contributed by atoms with Crippen molar-refractivity contribution in [1.82, 2.24) is 0 Å². The number of Topliss-reactive ketones (excluding diaryl/α,β-unsaturated/α-hetero) is 1. The largest absolute Gasteiger partial charge is 0.481 e. The molecule has 0 bridgehead atoms. The molecule has 0 unspecified atom stereocenters. The van der Waals surface area contributed by atoms with Crippen LogP contribution in [0.5, 0.6) is 0 Å². The number of carbonyl (C=O) groups is 3. The molecule has 206 valence electrons. The molecule has 3 aromatic rings. The second-order valence-electron chi connectivity index (χ2n) is 11.5. The molecule has 0 fully saturated rings. The molecule has 0 saturated carbocycles. The normalized spacial score (nSPS) is 18.9. The molecule has 1 amide bonds. The van der Waals surface area contributed by atoms with Gasteiger partial charge >= 0.3 is 5.97 Å². The van der Waals surface area contributed by atoms with Gasteiger partial charge in [0.2, 0.25) is 5.91 Å². The lowest BCUT2D eigenvalue weighted by Gasteiger charge is -2.35. The lowest BCUT2D eigenvalue weighted by atomic mass is 9.77. The van der Waals surface area contributed by atoms with Gasteiger partial charge in [-0.25, -0.2) is 4.39 Å². The van der Waals surface area contributed by atoms with Crippen LogP contribution in [0.4, 0.5) is 15.8 Å². The first kappa shape index (κ1) is 27.3. The summed E-state index contributed by atoms with van der Waals surface area (Å²) in [5, 5.41) is 12.7. The van der Waals surface area contributed by atoms with Crippen molar-refractivity contribution in [3.63, 3.8) is 0 Å². The minimum atomic E-state index is -1.08. The van der Waals surface area contributed by atoms with Crippen molar-refractivity contribution in [3.05, 3.63) is 107 Å². The number of halogens is 1. The zero-order valence-electron chi connectivity index (χ0n) is 22.9. The van der Waals surface area contributed by atoms with Gasteiger partial charge in [-0.1, -0.05) is 69.3 Å². The van der Waals surface area contributed by atoms with Crippen LogP contribution in [0.15, 0.2) is 84.1 Å². The number of para-hydroxylation sites is 2. The number of hydrogen-bond donors (Lipinski definition) is 2. The van der Waals surface area contributed by atoms with Crippen molar-refractivity contribution in [2.24, 2.45) is 0 Å². The summed E-state index contributed by atoms with van der Waals surface area (Å²) in [4.78, 5) is 40.5. The van der Waals surface area contributed by atoms with Crippen LogP contribution in [-0.2, 0) is 19.8 Å². The van der Waals surface area contributed by atoms with Gasteiger partial charge in [-0.2, -0.15) is 0 Å². The van der Waals surface area contributed by atoms with Gasteiger partial charge in [-0.3, -0.25) is 19.3 Å². The highest BCUT2D eigenvalue weighted by molar-refractivity contribution is 6.06. The number of amides is 1. The molecule has 7 heteroatoms. The molecule has 1 aliphatic heterocycles. The number of benzene rings is 3. The van der Waals surface area contributed by atoms with E-state index in [-0.39, 0.29) is 36.4 Å². The number of ketones is 1. The summed E-state index contributed by atoms with van der Waals surface area (Å²) in [6.45, 7) is 6.49. The van der Waals surface area contributed by atoms with E-state index >= 15 is 0 Å². The molecule has 0 aromatic heterocycles. The highest BCUT2D eigenvalue weighted by atomic mass is 19.1. The van der Waals surface area contributed by atoms with Crippen molar-refractivity contribution in [1.29, 1.82) is 0 Å². The zero-order valence-corrected chi connectivity index (χ0v) is 22.9. The summed E-state index contributed by atoms with van der Waals surface area (Å²) < 4.78 is 14.0. The number of nitrogens with zero attached hydrogens (tertiary/aromatic N) is 1. The second-order valence-corrected chi connectivity index (χ2v) is 11.5.